The summed E-state index contributed by atoms with van der Waals surface area (Å²) in [7, 11) is 0. The second-order valence-electron chi connectivity index (χ2n) is 1.72. The molecule has 0 aliphatic rings. The second kappa shape index (κ2) is 9.88. The van der Waals surface area contributed by atoms with Crippen LogP contribution in [-0.2, 0) is 0 Å². The van der Waals surface area contributed by atoms with Gasteiger partial charge in [-0.2, -0.15) is 0 Å². The molecular weight excluding hydrogens is 209 g/mol. The van der Waals surface area contributed by atoms with Crippen LogP contribution in [0.15, 0.2) is 0 Å². The maximum Gasteiger partial charge on any atom is 0.133 e. The van der Waals surface area contributed by atoms with E-state index in [1.807, 2.05) is 0 Å². The number of thiol groups is 1. The van der Waals surface area contributed by atoms with Crippen LogP contribution in [0.2, 0.25) is 0 Å². The first-order valence-corrected chi connectivity index (χ1v) is 3.77. The number of aliphatic hydroxyl groups is 2. The van der Waals surface area contributed by atoms with E-state index in [-0.39, 0.29) is 64.6 Å². The number of aliphatic hydroxyl groups excluding tert-OH is 2. The zero-order valence-corrected chi connectivity index (χ0v) is 11.4. The van der Waals surface area contributed by atoms with Gasteiger partial charge in [0.15, 0.2) is 0 Å². The fourth-order valence-corrected chi connectivity index (χ4v) is 0.927. The van der Waals surface area contributed by atoms with Crippen molar-refractivity contribution >= 4 is 80.6 Å². The zero-order valence-electron chi connectivity index (χ0n) is 6.53. The maximum atomic E-state index is 8.50. The van der Waals surface area contributed by atoms with Gasteiger partial charge in [0.1, 0.15) is 4.32 Å². The van der Waals surface area contributed by atoms with Crippen LogP contribution in [0.1, 0.15) is 0 Å². The Morgan fingerprint density at radius 3 is 1.82 bits per heavy atom. The molecule has 0 amide bonds. The Morgan fingerprint density at radius 1 is 1.27 bits per heavy atom. The molecule has 0 aromatic rings. The molecule has 1 radical (unpaired) electrons. The van der Waals surface area contributed by atoms with Crippen LogP contribution in [0.4, 0.5) is 0 Å². The number of nitrogens with zero attached hydrogens (tertiary/aromatic N) is 1. The van der Waals surface area contributed by atoms with Gasteiger partial charge >= 0.3 is 0 Å². The molecule has 0 spiro atoms. The third kappa shape index (κ3) is 8.14. The average Bonchev–Trinajstić information content (AvgIpc) is 1.87. The Morgan fingerprint density at radius 2 is 1.64 bits per heavy atom. The first-order chi connectivity index (χ1) is 4.72. The molecule has 0 saturated carbocycles. The van der Waals surface area contributed by atoms with E-state index in [4.69, 9.17) is 22.4 Å². The third-order valence-electron chi connectivity index (χ3n) is 1.01. The normalized spacial score (nSPS) is 8.64. The minimum Gasteiger partial charge on any atom is -0.395 e. The maximum absolute atomic E-state index is 8.50. The van der Waals surface area contributed by atoms with Crippen LogP contribution >= 0.6 is 24.8 Å². The molecule has 0 unspecified atom stereocenters. The Bertz CT molecular complexity index is 109. The van der Waals surface area contributed by atoms with Crippen molar-refractivity contribution in [3.63, 3.8) is 0 Å². The molecule has 0 atom stereocenters. The van der Waals surface area contributed by atoms with E-state index in [1.165, 1.54) is 0 Å². The van der Waals surface area contributed by atoms with Gasteiger partial charge in [0.25, 0.3) is 0 Å². The Balaban J connectivity index is 0. The summed E-state index contributed by atoms with van der Waals surface area (Å²) < 4.78 is 0.406. The third-order valence-corrected chi connectivity index (χ3v) is 1.55. The van der Waals surface area contributed by atoms with Crippen molar-refractivity contribution in [1.29, 1.82) is 0 Å². The van der Waals surface area contributed by atoms with E-state index < -0.39 is 0 Å². The van der Waals surface area contributed by atoms with Gasteiger partial charge in [-0.1, -0.05) is 12.2 Å². The smallest absolute Gasteiger partial charge is 0.133 e. The Kier molecular flexibility index (Phi) is 13.7. The van der Waals surface area contributed by atoms with Gasteiger partial charge in [-0.25, -0.2) is 0 Å². The molecule has 0 saturated heterocycles. The second-order valence-corrected chi connectivity index (χ2v) is 2.83. The van der Waals surface area contributed by atoms with Crippen LogP contribution in [0.3, 0.4) is 0 Å². The molecular formula is C5H11KNO2S2. The average molecular weight is 220 g/mol. The summed E-state index contributed by atoms with van der Waals surface area (Å²) >= 11 is 8.61. The quantitative estimate of drug-likeness (QED) is 0.327. The minimum atomic E-state index is 0. The molecule has 0 fully saturated rings. The molecule has 3 nitrogen and oxygen atoms in total. The monoisotopic (exact) mass is 220 g/mol. The van der Waals surface area contributed by atoms with Crippen molar-refractivity contribution in [3.05, 3.63) is 0 Å². The molecule has 0 bridgehead atoms. The summed E-state index contributed by atoms with van der Waals surface area (Å²) in [4.78, 5) is 1.62. The van der Waals surface area contributed by atoms with Crippen LogP contribution in [0.5, 0.6) is 0 Å². The van der Waals surface area contributed by atoms with E-state index in [0.717, 1.165) is 0 Å². The number of rotatable bonds is 4. The van der Waals surface area contributed by atoms with E-state index in [2.05, 4.69) is 12.6 Å². The van der Waals surface area contributed by atoms with Crippen molar-refractivity contribution < 1.29 is 10.2 Å². The van der Waals surface area contributed by atoms with Gasteiger partial charge in [0, 0.05) is 64.5 Å². The van der Waals surface area contributed by atoms with Gasteiger partial charge < -0.3 is 15.1 Å². The summed E-state index contributed by atoms with van der Waals surface area (Å²) in [6.45, 7) is 0.924. The van der Waals surface area contributed by atoms with Crippen molar-refractivity contribution in [2.45, 2.75) is 0 Å². The first kappa shape index (κ1) is 15.3. The summed E-state index contributed by atoms with van der Waals surface area (Å²) in [5.74, 6) is 0. The van der Waals surface area contributed by atoms with Crippen molar-refractivity contribution in [3.8, 4) is 0 Å². The Labute approximate surface area is 120 Å². The number of thiocarbonyl (C=S) groups is 1. The molecule has 0 heterocycles. The van der Waals surface area contributed by atoms with Crippen molar-refractivity contribution in [2.75, 3.05) is 26.3 Å². The van der Waals surface area contributed by atoms with E-state index >= 15 is 0 Å². The molecule has 0 aromatic heterocycles. The minimum absolute atomic E-state index is 0. The SMILES string of the molecule is OCCN(CCO)C(=S)S.[K]. The largest absolute Gasteiger partial charge is 0.395 e. The molecule has 11 heavy (non-hydrogen) atoms. The zero-order chi connectivity index (χ0) is 7.98. The molecule has 6 heteroatoms. The van der Waals surface area contributed by atoms with Gasteiger partial charge in [-0.05, 0) is 0 Å². The number of hydrogen-bond acceptors (Lipinski definition) is 3. The van der Waals surface area contributed by atoms with Gasteiger partial charge in [0.05, 0.1) is 13.2 Å². The fourth-order valence-electron chi connectivity index (χ4n) is 0.545. The van der Waals surface area contributed by atoms with Gasteiger partial charge in [0.2, 0.25) is 0 Å². The van der Waals surface area contributed by atoms with Gasteiger partial charge in [-0.15, -0.1) is 12.6 Å². The van der Waals surface area contributed by atoms with Crippen LogP contribution in [0.25, 0.3) is 0 Å². The van der Waals surface area contributed by atoms with Gasteiger partial charge in [-0.3, -0.25) is 0 Å². The molecule has 0 aliphatic heterocycles. The van der Waals surface area contributed by atoms with Crippen molar-refractivity contribution in [2.24, 2.45) is 0 Å². The standard InChI is InChI=1S/C5H11NO2S2.K/c7-3-1-6(2-4-8)5(9)10;/h7-8H,1-4H2,(H,9,10);. The molecule has 61 valence electrons. The predicted octanol–water partition coefficient (Wildman–Crippen LogP) is -0.893. The summed E-state index contributed by atoms with van der Waals surface area (Å²) in [6, 6.07) is 0. The topological polar surface area (TPSA) is 43.7 Å². The van der Waals surface area contributed by atoms with E-state index in [9.17, 15) is 0 Å². The summed E-state index contributed by atoms with van der Waals surface area (Å²) in [5.41, 5.74) is 0. The first-order valence-electron chi connectivity index (χ1n) is 2.92. The van der Waals surface area contributed by atoms with E-state index in [1.54, 1.807) is 4.90 Å². The van der Waals surface area contributed by atoms with Crippen molar-refractivity contribution in [1.82, 2.24) is 4.90 Å². The van der Waals surface area contributed by atoms with E-state index in [0.29, 0.717) is 17.4 Å². The molecule has 2 N–H and O–H groups in total. The predicted molar refractivity (Wildman–Crippen MR) is 53.1 cm³/mol. The summed E-state index contributed by atoms with van der Waals surface area (Å²) in [6.07, 6.45) is 0. The van der Waals surface area contributed by atoms with Crippen LogP contribution < -0.4 is 0 Å². The fraction of sp³-hybridized carbons (Fsp3) is 0.800. The number of hydrogen-bond donors (Lipinski definition) is 3. The molecule has 0 aliphatic carbocycles. The summed E-state index contributed by atoms with van der Waals surface area (Å²) in [5, 5.41) is 17.0. The molecule has 0 rings (SSSR count). The van der Waals surface area contributed by atoms with Crippen LogP contribution in [-0.4, -0.2) is 97.1 Å². The molecule has 0 aromatic carbocycles. The Hall–Kier alpha value is 1.80. The van der Waals surface area contributed by atoms with Crippen LogP contribution in [0, 0.1) is 0 Å².